The van der Waals surface area contributed by atoms with E-state index in [2.05, 4.69) is 10.3 Å². The van der Waals surface area contributed by atoms with Crippen molar-refractivity contribution in [1.29, 1.82) is 0 Å². The van der Waals surface area contributed by atoms with Gasteiger partial charge in [0.2, 0.25) is 0 Å². The Balaban J connectivity index is 1.32. The third-order valence-electron chi connectivity index (χ3n) is 4.38. The molecule has 0 saturated carbocycles. The fraction of sp³-hybridized carbons (Fsp3) is 0.444. The van der Waals surface area contributed by atoms with E-state index in [1.54, 1.807) is 0 Å². The van der Waals surface area contributed by atoms with E-state index in [1.165, 1.54) is 11.8 Å². The molecule has 1 aliphatic heterocycles. The Morgan fingerprint density at radius 1 is 1.30 bits per heavy atom. The van der Waals surface area contributed by atoms with Gasteiger partial charge >= 0.3 is 5.97 Å². The Morgan fingerprint density at radius 3 is 2.89 bits per heavy atom. The van der Waals surface area contributed by atoms with Gasteiger partial charge in [-0.25, -0.2) is 8.42 Å². The summed E-state index contributed by atoms with van der Waals surface area (Å²) in [6, 6.07) is 7.95. The molecule has 2 N–H and O–H groups in total. The molecule has 2 heterocycles. The van der Waals surface area contributed by atoms with E-state index < -0.39 is 15.8 Å². The Morgan fingerprint density at radius 2 is 2.11 bits per heavy atom. The molecule has 1 amide bonds. The lowest BCUT2D eigenvalue weighted by Crippen LogP contribution is -2.30. The number of esters is 1. The van der Waals surface area contributed by atoms with E-state index in [1.807, 2.05) is 30.5 Å². The van der Waals surface area contributed by atoms with Crippen molar-refractivity contribution >= 4 is 44.4 Å². The topological polar surface area (TPSA) is 105 Å². The normalized spacial score (nSPS) is 18.4. The van der Waals surface area contributed by atoms with Crippen LogP contribution in [0.3, 0.4) is 0 Å². The van der Waals surface area contributed by atoms with Crippen LogP contribution < -0.4 is 5.32 Å². The molecule has 0 unspecified atom stereocenters. The van der Waals surface area contributed by atoms with Crippen LogP contribution >= 0.6 is 11.8 Å². The zero-order valence-electron chi connectivity index (χ0n) is 14.8. The number of benzene rings is 1. The molecule has 7 nitrogen and oxygen atoms in total. The third-order valence-corrected chi connectivity index (χ3v) is 7.64. The maximum Gasteiger partial charge on any atom is 0.316 e. The predicted molar refractivity (Wildman–Crippen MR) is 105 cm³/mol. The molecule has 2 aromatic rings. The molecule has 0 spiro atoms. The molecule has 1 atom stereocenters. The largest absolute Gasteiger partial charge is 0.455 e. The molecular weight excluding hydrogens is 388 g/mol. The molecule has 1 aromatic heterocycles. The second-order valence-electron chi connectivity index (χ2n) is 6.46. The fourth-order valence-electron chi connectivity index (χ4n) is 2.99. The van der Waals surface area contributed by atoms with E-state index in [0.717, 1.165) is 16.5 Å². The number of carbonyl (C=O) groups is 2. The van der Waals surface area contributed by atoms with Crippen LogP contribution in [-0.4, -0.2) is 60.9 Å². The van der Waals surface area contributed by atoms with Gasteiger partial charge in [0, 0.05) is 28.9 Å². The van der Waals surface area contributed by atoms with E-state index in [-0.39, 0.29) is 35.0 Å². The number of nitrogens with one attached hydrogen (secondary N) is 2. The highest BCUT2D eigenvalue weighted by Crippen LogP contribution is 2.24. The summed E-state index contributed by atoms with van der Waals surface area (Å²) in [7, 11) is -2.95. The maximum absolute atomic E-state index is 11.8. The summed E-state index contributed by atoms with van der Waals surface area (Å²) >= 11 is 1.27. The predicted octanol–water partition coefficient (Wildman–Crippen LogP) is 1.29. The van der Waals surface area contributed by atoms with Crippen molar-refractivity contribution in [2.24, 2.45) is 0 Å². The van der Waals surface area contributed by atoms with Gasteiger partial charge in [-0.2, -0.15) is 0 Å². The van der Waals surface area contributed by atoms with Crippen molar-refractivity contribution in [3.63, 3.8) is 0 Å². The Labute approximate surface area is 162 Å². The molecule has 0 radical (unpaired) electrons. The smallest absolute Gasteiger partial charge is 0.316 e. The van der Waals surface area contributed by atoms with Gasteiger partial charge in [-0.1, -0.05) is 18.2 Å². The number of fused-ring (bicyclic) bond motifs is 1. The SMILES string of the molecule is O=C(COC(=O)CS[C@H]1CCS(=O)(=O)C1)NCCc1c[nH]c2ccccc12. The van der Waals surface area contributed by atoms with Crippen LogP contribution in [0.1, 0.15) is 12.0 Å². The second kappa shape index (κ2) is 8.79. The Hall–Kier alpha value is -2.00. The Bertz CT molecular complexity index is 923. The first-order valence-corrected chi connectivity index (χ1v) is 11.6. The van der Waals surface area contributed by atoms with Gasteiger partial charge < -0.3 is 15.0 Å². The number of aromatic amines is 1. The molecule has 9 heteroatoms. The monoisotopic (exact) mass is 410 g/mol. The summed E-state index contributed by atoms with van der Waals surface area (Å²) in [6.07, 6.45) is 3.17. The van der Waals surface area contributed by atoms with E-state index in [9.17, 15) is 18.0 Å². The lowest BCUT2D eigenvalue weighted by Gasteiger charge is -2.08. The first-order chi connectivity index (χ1) is 12.9. The van der Waals surface area contributed by atoms with Gasteiger partial charge in [-0.15, -0.1) is 11.8 Å². The minimum atomic E-state index is -2.95. The summed E-state index contributed by atoms with van der Waals surface area (Å²) in [4.78, 5) is 26.7. The number of aromatic nitrogens is 1. The number of hydrogen-bond donors (Lipinski definition) is 2. The van der Waals surface area contributed by atoms with Gasteiger partial charge in [0.1, 0.15) is 0 Å². The molecule has 1 saturated heterocycles. The molecule has 0 bridgehead atoms. The van der Waals surface area contributed by atoms with Crippen molar-refractivity contribution in [3.05, 3.63) is 36.0 Å². The molecule has 1 aliphatic rings. The van der Waals surface area contributed by atoms with Crippen molar-refractivity contribution in [2.45, 2.75) is 18.1 Å². The average molecular weight is 411 g/mol. The van der Waals surface area contributed by atoms with Crippen LogP contribution in [0.5, 0.6) is 0 Å². The number of para-hydroxylation sites is 1. The molecule has 0 aliphatic carbocycles. The van der Waals surface area contributed by atoms with Gasteiger partial charge in [0.15, 0.2) is 16.4 Å². The van der Waals surface area contributed by atoms with Gasteiger partial charge in [0.25, 0.3) is 5.91 Å². The van der Waals surface area contributed by atoms with Gasteiger partial charge in [-0.3, -0.25) is 9.59 Å². The number of hydrogen-bond acceptors (Lipinski definition) is 6. The van der Waals surface area contributed by atoms with Crippen LogP contribution in [0, 0.1) is 0 Å². The van der Waals surface area contributed by atoms with Crippen molar-refractivity contribution in [1.82, 2.24) is 10.3 Å². The molecule has 1 aromatic carbocycles. The second-order valence-corrected chi connectivity index (χ2v) is 9.97. The first-order valence-electron chi connectivity index (χ1n) is 8.72. The van der Waals surface area contributed by atoms with Crippen molar-refractivity contribution in [3.8, 4) is 0 Å². The molecule has 146 valence electrons. The van der Waals surface area contributed by atoms with E-state index >= 15 is 0 Å². The highest BCUT2D eigenvalue weighted by Gasteiger charge is 2.28. The number of amides is 1. The fourth-order valence-corrected chi connectivity index (χ4v) is 6.43. The van der Waals surface area contributed by atoms with Crippen molar-refractivity contribution < 1.29 is 22.7 Å². The van der Waals surface area contributed by atoms with Crippen LogP contribution in [0.4, 0.5) is 0 Å². The lowest BCUT2D eigenvalue weighted by atomic mass is 10.1. The molecular formula is C18H22N2O5S2. The van der Waals surface area contributed by atoms with Gasteiger partial charge in [0.05, 0.1) is 17.3 Å². The summed E-state index contributed by atoms with van der Waals surface area (Å²) in [5.41, 5.74) is 2.17. The third kappa shape index (κ3) is 5.74. The highest BCUT2D eigenvalue weighted by atomic mass is 32.2. The summed E-state index contributed by atoms with van der Waals surface area (Å²) < 4.78 is 27.7. The van der Waals surface area contributed by atoms with Crippen LogP contribution in [0.15, 0.2) is 30.5 Å². The quantitative estimate of drug-likeness (QED) is 0.636. The van der Waals surface area contributed by atoms with Crippen molar-refractivity contribution in [2.75, 3.05) is 30.4 Å². The molecule has 27 heavy (non-hydrogen) atoms. The molecule has 1 fully saturated rings. The number of carbonyl (C=O) groups excluding carboxylic acids is 2. The summed E-state index contributed by atoms with van der Waals surface area (Å²) in [5, 5.41) is 3.80. The van der Waals surface area contributed by atoms with Gasteiger partial charge in [-0.05, 0) is 24.5 Å². The zero-order valence-corrected chi connectivity index (χ0v) is 16.4. The highest BCUT2D eigenvalue weighted by molar-refractivity contribution is 8.02. The number of ether oxygens (including phenoxy) is 1. The molecule has 3 rings (SSSR count). The number of sulfone groups is 1. The van der Waals surface area contributed by atoms with Crippen LogP contribution in [0.2, 0.25) is 0 Å². The lowest BCUT2D eigenvalue weighted by molar-refractivity contribution is -0.145. The number of thioether (sulfide) groups is 1. The minimum absolute atomic E-state index is 0.0583. The van der Waals surface area contributed by atoms with E-state index in [0.29, 0.717) is 19.4 Å². The van der Waals surface area contributed by atoms with E-state index in [4.69, 9.17) is 4.74 Å². The first kappa shape index (κ1) is 19.8. The minimum Gasteiger partial charge on any atom is -0.455 e. The zero-order chi connectivity index (χ0) is 19.3. The summed E-state index contributed by atoms with van der Waals surface area (Å²) in [6.45, 7) is 0.128. The summed E-state index contributed by atoms with van der Waals surface area (Å²) in [5.74, 6) is -0.506. The number of H-pyrrole nitrogens is 1. The standard InChI is InChI=1S/C18H22N2O5S2/c21-17(10-25-18(22)11-26-14-6-8-27(23,24)12-14)19-7-5-13-9-20-16-4-2-1-3-15(13)16/h1-4,9,14,20H,5-8,10-12H2,(H,19,21)/t14-/m0/s1. The van der Waals surface area contributed by atoms with Crippen LogP contribution in [-0.2, 0) is 30.6 Å². The number of rotatable bonds is 8. The maximum atomic E-state index is 11.8. The van der Waals surface area contributed by atoms with Crippen LogP contribution in [0.25, 0.3) is 10.9 Å². The average Bonchev–Trinajstić information content (AvgIpc) is 3.21. The Kier molecular flexibility index (Phi) is 6.43.